The Bertz CT molecular complexity index is 1190. The summed E-state index contributed by atoms with van der Waals surface area (Å²) in [5, 5.41) is 5.39. The van der Waals surface area contributed by atoms with Crippen LogP contribution in [-0.2, 0) is 35.1 Å². The molecular formula is C30H42F2N4O7. The second kappa shape index (κ2) is 13.2. The molecule has 0 radical (unpaired) electrons. The minimum atomic E-state index is -2.88. The number of ketones is 1. The number of morpholine rings is 1. The number of alkyl halides is 2. The van der Waals surface area contributed by atoms with Gasteiger partial charge in [-0.1, -0.05) is 12.1 Å². The molecule has 2 aliphatic heterocycles. The third kappa shape index (κ3) is 8.07. The highest BCUT2D eigenvalue weighted by Gasteiger charge is 2.59. The molecule has 43 heavy (non-hydrogen) atoms. The highest BCUT2D eigenvalue weighted by molar-refractivity contribution is 6.01. The molecule has 0 bridgehead atoms. The van der Waals surface area contributed by atoms with Crippen LogP contribution in [0.2, 0.25) is 0 Å². The van der Waals surface area contributed by atoms with E-state index in [0.29, 0.717) is 37.6 Å². The van der Waals surface area contributed by atoms with Gasteiger partial charge in [-0.3, -0.25) is 24.1 Å². The van der Waals surface area contributed by atoms with Gasteiger partial charge in [0, 0.05) is 32.4 Å². The molecule has 5 atom stereocenters. The lowest BCUT2D eigenvalue weighted by molar-refractivity contribution is -0.142. The van der Waals surface area contributed by atoms with Gasteiger partial charge in [-0.2, -0.15) is 0 Å². The first kappa shape index (κ1) is 32.7. The van der Waals surface area contributed by atoms with Crippen molar-refractivity contribution in [3.8, 4) is 5.75 Å². The van der Waals surface area contributed by atoms with Crippen LogP contribution in [0.5, 0.6) is 5.75 Å². The fourth-order valence-electron chi connectivity index (χ4n) is 6.01. The van der Waals surface area contributed by atoms with Crippen molar-refractivity contribution >= 4 is 23.5 Å². The molecule has 1 saturated carbocycles. The number of epoxide rings is 1. The summed E-state index contributed by atoms with van der Waals surface area (Å²) in [5.74, 6) is -6.79. The largest absolute Gasteiger partial charge is 0.497 e. The molecule has 3 fully saturated rings. The Kier molecular flexibility index (Phi) is 10.1. The van der Waals surface area contributed by atoms with E-state index in [9.17, 15) is 28.0 Å². The first-order chi connectivity index (χ1) is 20.3. The van der Waals surface area contributed by atoms with Crippen LogP contribution >= 0.6 is 0 Å². The Morgan fingerprint density at radius 1 is 1.19 bits per heavy atom. The average Bonchev–Trinajstić information content (AvgIpc) is 3.62. The van der Waals surface area contributed by atoms with Crippen molar-refractivity contribution in [2.24, 2.45) is 17.6 Å². The third-order valence-corrected chi connectivity index (χ3v) is 8.75. The lowest BCUT2D eigenvalue weighted by Crippen LogP contribution is -2.68. The number of amides is 3. The first-order valence-electron chi connectivity index (χ1n) is 14.7. The molecule has 1 aromatic rings. The topological polar surface area (TPSA) is 153 Å². The molecular weight excluding hydrogens is 566 g/mol. The summed E-state index contributed by atoms with van der Waals surface area (Å²) < 4.78 is 44.4. The highest BCUT2D eigenvalue weighted by Crippen LogP contribution is 2.45. The Hall–Kier alpha value is -3.16. The number of benzene rings is 1. The Labute approximate surface area is 250 Å². The second-order valence-corrected chi connectivity index (χ2v) is 12.2. The van der Waals surface area contributed by atoms with E-state index < -0.39 is 64.9 Å². The van der Waals surface area contributed by atoms with Crippen molar-refractivity contribution in [2.75, 3.05) is 46.6 Å². The van der Waals surface area contributed by atoms with E-state index >= 15 is 0 Å². The van der Waals surface area contributed by atoms with E-state index in [-0.39, 0.29) is 38.8 Å². The zero-order valence-electron chi connectivity index (χ0n) is 25.0. The van der Waals surface area contributed by atoms with Gasteiger partial charge in [0.1, 0.15) is 22.9 Å². The van der Waals surface area contributed by atoms with Crippen LogP contribution in [0.15, 0.2) is 24.3 Å². The highest BCUT2D eigenvalue weighted by atomic mass is 19.3. The number of carbonyl (C=O) groups is 4. The number of halogens is 2. The molecule has 3 aliphatic rings. The summed E-state index contributed by atoms with van der Waals surface area (Å²) in [6.45, 7) is 5.34. The fraction of sp³-hybridized carbons (Fsp3) is 0.667. The Morgan fingerprint density at radius 3 is 2.37 bits per heavy atom. The van der Waals surface area contributed by atoms with E-state index in [1.807, 2.05) is 4.90 Å². The maximum absolute atomic E-state index is 14.2. The summed E-state index contributed by atoms with van der Waals surface area (Å²) >= 11 is 0. The minimum Gasteiger partial charge on any atom is -0.497 e. The second-order valence-electron chi connectivity index (χ2n) is 12.2. The third-order valence-electron chi connectivity index (χ3n) is 8.75. The molecule has 0 aromatic heterocycles. The molecule has 0 spiro atoms. The number of rotatable bonds is 14. The number of primary amides is 1. The van der Waals surface area contributed by atoms with E-state index in [0.717, 1.165) is 0 Å². The molecule has 1 aromatic carbocycles. The molecule has 4 rings (SSSR count). The monoisotopic (exact) mass is 608 g/mol. The van der Waals surface area contributed by atoms with E-state index in [1.165, 1.54) is 14.0 Å². The number of nitrogens with two attached hydrogens (primary N) is 1. The van der Waals surface area contributed by atoms with Gasteiger partial charge in [-0.15, -0.1) is 0 Å². The number of hydrogen-bond acceptors (Lipinski definition) is 8. The first-order valence-corrected chi connectivity index (χ1v) is 14.7. The van der Waals surface area contributed by atoms with Crippen LogP contribution in [0.25, 0.3) is 0 Å². The number of methoxy groups -OCH3 is 1. The number of Topliss-reactive ketones (excluding diaryl/α,β-unsaturated/α-hetero) is 1. The van der Waals surface area contributed by atoms with Crippen molar-refractivity contribution in [1.82, 2.24) is 15.5 Å². The van der Waals surface area contributed by atoms with Crippen molar-refractivity contribution in [3.05, 3.63) is 29.8 Å². The minimum absolute atomic E-state index is 0.0560. The summed E-state index contributed by atoms with van der Waals surface area (Å²) in [6.07, 6.45) is -0.888. The molecule has 11 nitrogen and oxygen atoms in total. The van der Waals surface area contributed by atoms with Gasteiger partial charge in [0.05, 0.1) is 39.4 Å². The molecule has 4 N–H and O–H groups in total. The summed E-state index contributed by atoms with van der Waals surface area (Å²) in [4.78, 5) is 55.8. The van der Waals surface area contributed by atoms with Gasteiger partial charge in [-0.25, -0.2) is 8.78 Å². The van der Waals surface area contributed by atoms with Crippen LogP contribution in [0.3, 0.4) is 0 Å². The van der Waals surface area contributed by atoms with Crippen molar-refractivity contribution < 1.29 is 42.2 Å². The Balaban J connectivity index is 1.64. The maximum Gasteiger partial charge on any atom is 0.248 e. The van der Waals surface area contributed by atoms with Gasteiger partial charge in [0.25, 0.3) is 0 Å². The van der Waals surface area contributed by atoms with Crippen molar-refractivity contribution in [1.29, 1.82) is 0 Å². The van der Waals surface area contributed by atoms with Gasteiger partial charge >= 0.3 is 0 Å². The summed E-state index contributed by atoms with van der Waals surface area (Å²) in [6, 6.07) is 5.59. The predicted molar refractivity (Wildman–Crippen MR) is 151 cm³/mol. The smallest absolute Gasteiger partial charge is 0.248 e. The number of carbonyl (C=O) groups excluding carboxylic acids is 4. The summed E-state index contributed by atoms with van der Waals surface area (Å²) in [7, 11) is 1.50. The summed E-state index contributed by atoms with van der Waals surface area (Å²) in [5.41, 5.74) is 3.38. The van der Waals surface area contributed by atoms with Crippen molar-refractivity contribution in [3.63, 3.8) is 0 Å². The Morgan fingerprint density at radius 2 is 1.84 bits per heavy atom. The zero-order valence-corrected chi connectivity index (χ0v) is 25.0. The number of ether oxygens (including phenoxy) is 3. The van der Waals surface area contributed by atoms with E-state index in [4.69, 9.17) is 19.9 Å². The fourth-order valence-corrected chi connectivity index (χ4v) is 6.01. The molecule has 1 unspecified atom stereocenters. The number of nitrogens with zero attached hydrogens (tertiary/aromatic N) is 1. The predicted octanol–water partition coefficient (Wildman–Crippen LogP) is 1.21. The lowest BCUT2D eigenvalue weighted by Gasteiger charge is -2.40. The SMILES string of the molecule is COc1ccc(CC(NC(=O)[C@H](C)NC(=O)CN2CCOCC2)(C(N)=O)[C@H](C[C@H]2CCC(F)(F)C2)C(=O)[C@@]2(C)CO2)cc1. The zero-order chi connectivity index (χ0) is 31.4. The maximum atomic E-state index is 14.2. The molecule has 13 heteroatoms. The molecule has 2 saturated heterocycles. The molecule has 1 aliphatic carbocycles. The van der Waals surface area contributed by atoms with Crippen LogP contribution in [0.1, 0.15) is 45.1 Å². The van der Waals surface area contributed by atoms with Gasteiger partial charge in [0.15, 0.2) is 5.78 Å². The van der Waals surface area contributed by atoms with Crippen LogP contribution in [0, 0.1) is 11.8 Å². The number of hydrogen-bond donors (Lipinski definition) is 3. The van der Waals surface area contributed by atoms with E-state index in [2.05, 4.69) is 10.6 Å². The standard InChI is InChI=1S/C30H42F2N4O7/c1-19(34-24(37)17-36-10-12-42-13-11-36)26(39)35-30(27(33)40,16-20-4-6-22(41-3)7-5-20)23(25(38)28(2)18-43-28)14-21-8-9-29(31,32)15-21/h4-7,19,21,23H,8-18H2,1-3H3,(H2,33,40)(H,34,37)(H,35,39)/t19-,21+,23+,28+,30?/m0/s1. The molecule has 238 valence electrons. The molecule has 2 heterocycles. The quantitative estimate of drug-likeness (QED) is 0.267. The van der Waals surface area contributed by atoms with E-state index in [1.54, 1.807) is 31.2 Å². The normalized spacial score (nSPS) is 26.0. The average molecular weight is 609 g/mol. The molecule has 3 amide bonds. The van der Waals surface area contributed by atoms with Gasteiger partial charge in [-0.05, 0) is 50.3 Å². The van der Waals surface area contributed by atoms with Gasteiger partial charge in [0.2, 0.25) is 23.6 Å². The van der Waals surface area contributed by atoms with Crippen LogP contribution < -0.4 is 21.1 Å². The lowest BCUT2D eigenvalue weighted by atomic mass is 9.69. The van der Waals surface area contributed by atoms with Crippen LogP contribution in [-0.4, -0.2) is 98.1 Å². The number of nitrogens with one attached hydrogen (secondary N) is 2. The van der Waals surface area contributed by atoms with Crippen LogP contribution in [0.4, 0.5) is 8.78 Å². The van der Waals surface area contributed by atoms with Gasteiger partial charge < -0.3 is 30.6 Å². The van der Waals surface area contributed by atoms with Crippen molar-refractivity contribution in [2.45, 2.75) is 69.1 Å².